The summed E-state index contributed by atoms with van der Waals surface area (Å²) < 4.78 is 6.91. The Morgan fingerprint density at radius 3 is 1.98 bits per heavy atom. The lowest BCUT2D eigenvalue weighted by Crippen LogP contribution is -2.43. The van der Waals surface area contributed by atoms with Crippen LogP contribution in [0.2, 0.25) is 5.02 Å². The maximum absolute atomic E-state index is 6.91. The van der Waals surface area contributed by atoms with Crippen LogP contribution in [-0.4, -0.2) is 24.6 Å². The van der Waals surface area contributed by atoms with Gasteiger partial charge in [-0.3, -0.25) is 0 Å². The average molecular weight is 647 g/mol. The maximum Gasteiger partial charge on any atom is 0.220 e. The van der Waals surface area contributed by atoms with Crippen LogP contribution in [0.1, 0.15) is 68.3 Å². The highest BCUT2D eigenvalue weighted by Crippen LogP contribution is 2.45. The third-order valence-electron chi connectivity index (χ3n) is 9.90. The van der Waals surface area contributed by atoms with Crippen molar-refractivity contribution in [1.29, 1.82) is 0 Å². The fourth-order valence-electron chi connectivity index (χ4n) is 7.29. The molecule has 0 radical (unpaired) electrons. The number of nitrogens with zero attached hydrogens (tertiary/aromatic N) is 3. The van der Waals surface area contributed by atoms with Crippen LogP contribution < -0.4 is 15.1 Å². The number of rotatable bonds is 12. The van der Waals surface area contributed by atoms with E-state index in [1.807, 2.05) is 12.1 Å². The normalized spacial score (nSPS) is 17.2. The Balaban J connectivity index is 1.29. The van der Waals surface area contributed by atoms with Crippen LogP contribution in [0, 0.1) is 11.8 Å². The summed E-state index contributed by atoms with van der Waals surface area (Å²) in [5, 5.41) is 4.56. The van der Waals surface area contributed by atoms with E-state index in [0.717, 1.165) is 66.8 Å². The van der Waals surface area contributed by atoms with Crippen molar-refractivity contribution < 1.29 is 4.42 Å². The van der Waals surface area contributed by atoms with Gasteiger partial charge < -0.3 is 19.5 Å². The van der Waals surface area contributed by atoms with Gasteiger partial charge in [0.2, 0.25) is 11.8 Å². The van der Waals surface area contributed by atoms with Gasteiger partial charge in [0.1, 0.15) is 11.7 Å². The van der Waals surface area contributed by atoms with Gasteiger partial charge in [0.05, 0.1) is 0 Å². The number of anilines is 3. The Morgan fingerprint density at radius 1 is 0.787 bits per heavy atom. The number of nitrogens with one attached hydrogen (secondary N) is 1. The lowest BCUT2D eigenvalue weighted by Gasteiger charge is -2.43. The number of hydrogen-bond donors (Lipinski definition) is 1. The third-order valence-corrected chi connectivity index (χ3v) is 10.2. The van der Waals surface area contributed by atoms with E-state index < -0.39 is 0 Å². The van der Waals surface area contributed by atoms with Gasteiger partial charge in [-0.2, -0.15) is 0 Å². The van der Waals surface area contributed by atoms with E-state index in [2.05, 4.69) is 146 Å². The number of halogens is 1. The minimum Gasteiger partial charge on any atom is -0.423 e. The highest BCUT2D eigenvalue weighted by atomic mass is 35.5. The van der Waals surface area contributed by atoms with E-state index >= 15 is 0 Å². The van der Waals surface area contributed by atoms with Crippen molar-refractivity contribution >= 4 is 28.9 Å². The smallest absolute Gasteiger partial charge is 0.220 e. The molecule has 1 unspecified atom stereocenters. The molecule has 47 heavy (non-hydrogen) atoms. The molecule has 1 fully saturated rings. The molecule has 4 aromatic carbocycles. The summed E-state index contributed by atoms with van der Waals surface area (Å²) in [6.07, 6.45) is 5.19. The van der Waals surface area contributed by atoms with Gasteiger partial charge in [0, 0.05) is 49.0 Å². The summed E-state index contributed by atoms with van der Waals surface area (Å²) >= 11 is 6.16. The van der Waals surface area contributed by atoms with Crippen LogP contribution in [-0.2, 0) is 13.0 Å². The van der Waals surface area contributed by atoms with Crippen LogP contribution in [0.4, 0.5) is 17.3 Å². The molecule has 0 saturated heterocycles. The molecule has 6 rings (SSSR count). The summed E-state index contributed by atoms with van der Waals surface area (Å²) in [4.78, 5) is 9.95. The van der Waals surface area contributed by atoms with E-state index in [1.54, 1.807) is 0 Å². The van der Waals surface area contributed by atoms with Gasteiger partial charge in [-0.1, -0.05) is 90.5 Å². The van der Waals surface area contributed by atoms with Crippen molar-refractivity contribution in [2.45, 2.75) is 64.1 Å². The molecule has 0 amide bonds. The van der Waals surface area contributed by atoms with Crippen molar-refractivity contribution in [3.8, 4) is 0 Å². The first-order valence-corrected chi connectivity index (χ1v) is 17.2. The summed E-state index contributed by atoms with van der Waals surface area (Å²) in [5.74, 6) is 2.60. The lowest BCUT2D eigenvalue weighted by molar-refractivity contribution is 0.181. The highest BCUT2D eigenvalue weighted by molar-refractivity contribution is 6.30. The minimum absolute atomic E-state index is 0.0130. The second-order valence-corrected chi connectivity index (χ2v) is 14.1. The topological polar surface area (TPSA) is 44.5 Å². The van der Waals surface area contributed by atoms with Crippen molar-refractivity contribution in [2.24, 2.45) is 11.8 Å². The van der Waals surface area contributed by atoms with Gasteiger partial charge in [0.15, 0.2) is 0 Å². The zero-order valence-corrected chi connectivity index (χ0v) is 28.8. The van der Waals surface area contributed by atoms with Gasteiger partial charge >= 0.3 is 0 Å². The molecule has 5 aromatic rings. The molecule has 244 valence electrons. The summed E-state index contributed by atoms with van der Waals surface area (Å²) in [5.41, 5.74) is 5.69. The Bertz CT molecular complexity index is 1680. The molecule has 1 heterocycles. The van der Waals surface area contributed by atoms with E-state index in [0.29, 0.717) is 11.8 Å². The summed E-state index contributed by atoms with van der Waals surface area (Å²) in [7, 11) is 4.31. The maximum atomic E-state index is 6.91. The highest BCUT2D eigenvalue weighted by Gasteiger charge is 2.39. The van der Waals surface area contributed by atoms with E-state index in [4.69, 9.17) is 21.0 Å². The van der Waals surface area contributed by atoms with Crippen molar-refractivity contribution in [1.82, 2.24) is 4.98 Å². The van der Waals surface area contributed by atoms with Crippen LogP contribution in [0.3, 0.4) is 0 Å². The monoisotopic (exact) mass is 646 g/mol. The van der Waals surface area contributed by atoms with E-state index in [-0.39, 0.29) is 11.6 Å². The van der Waals surface area contributed by atoms with Crippen LogP contribution in [0.25, 0.3) is 0 Å². The van der Waals surface area contributed by atoms with Gasteiger partial charge in [-0.25, -0.2) is 4.98 Å². The lowest BCUT2D eigenvalue weighted by atomic mass is 9.71. The Hall–Kier alpha value is -4.22. The Kier molecular flexibility index (Phi) is 10.2. The third kappa shape index (κ3) is 8.02. The predicted octanol–water partition coefficient (Wildman–Crippen LogP) is 10.4. The average Bonchev–Trinajstić information content (AvgIpc) is 3.50. The number of oxazole rings is 1. The molecule has 6 heteroatoms. The molecule has 0 spiro atoms. The minimum atomic E-state index is -0.0429. The van der Waals surface area contributed by atoms with Gasteiger partial charge in [-0.15, -0.1) is 0 Å². The fourth-order valence-corrected chi connectivity index (χ4v) is 7.42. The number of hydrogen-bond acceptors (Lipinski definition) is 5. The van der Waals surface area contributed by atoms with E-state index in [9.17, 15) is 0 Å². The first-order valence-electron chi connectivity index (χ1n) is 16.9. The molecule has 1 N–H and O–H groups in total. The standard InChI is InChI=1S/C41H47ClN4O/c1-41(2,44-35-26-24-34(42)25-27-35)33-22-20-32(21-23-33)38(46(4)36-18-12-7-13-19-36)39-43-37(28-30-14-8-5-9-15-30)40(47-39)45(3)29-31-16-10-6-11-17-31/h5-19,24-27,32-33,38,44H,20-23,28-29H2,1-4H3. The van der Waals surface area contributed by atoms with Gasteiger partial charge in [0.25, 0.3) is 0 Å². The van der Waals surface area contributed by atoms with Crippen molar-refractivity contribution in [3.63, 3.8) is 0 Å². The summed E-state index contributed by atoms with van der Waals surface area (Å²) in [6.45, 7) is 5.41. The molecule has 1 atom stereocenters. The number of aromatic nitrogens is 1. The summed E-state index contributed by atoms with van der Waals surface area (Å²) in [6, 6.07) is 39.9. The number of para-hydroxylation sites is 1. The zero-order valence-electron chi connectivity index (χ0n) is 28.1. The van der Waals surface area contributed by atoms with Crippen LogP contribution >= 0.6 is 11.6 Å². The molecule has 1 aliphatic rings. The quantitative estimate of drug-likeness (QED) is 0.146. The molecule has 1 saturated carbocycles. The molecule has 1 aliphatic carbocycles. The molecule has 0 bridgehead atoms. The predicted molar refractivity (Wildman–Crippen MR) is 196 cm³/mol. The second kappa shape index (κ2) is 14.7. The zero-order chi connectivity index (χ0) is 32.8. The Morgan fingerprint density at radius 2 is 1.36 bits per heavy atom. The van der Waals surface area contributed by atoms with Gasteiger partial charge in [-0.05, 0) is 98.9 Å². The second-order valence-electron chi connectivity index (χ2n) is 13.7. The number of benzene rings is 4. The molecule has 0 aliphatic heterocycles. The Labute approximate surface area is 285 Å². The van der Waals surface area contributed by atoms with E-state index in [1.165, 1.54) is 16.8 Å². The van der Waals surface area contributed by atoms with Crippen molar-refractivity contribution in [2.75, 3.05) is 29.2 Å². The van der Waals surface area contributed by atoms with Crippen molar-refractivity contribution in [3.05, 3.63) is 143 Å². The molecule has 1 aromatic heterocycles. The first-order chi connectivity index (χ1) is 22.8. The fraction of sp³-hybridized carbons (Fsp3) is 0.341. The van der Waals surface area contributed by atoms with Crippen LogP contribution in [0.5, 0.6) is 0 Å². The largest absolute Gasteiger partial charge is 0.423 e. The first kappa shape index (κ1) is 32.7. The molecular weight excluding hydrogens is 600 g/mol. The SMILES string of the molecule is CN(Cc1ccccc1)c1oc(C(C2CCC(C(C)(C)Nc3ccc(Cl)cc3)CC2)N(C)c2ccccc2)nc1Cc1ccccc1. The van der Waals surface area contributed by atoms with Crippen LogP contribution in [0.15, 0.2) is 120 Å². The molecule has 5 nitrogen and oxygen atoms in total. The molecular formula is C41H47ClN4O.